The quantitative estimate of drug-likeness (QED) is 0.812. The van der Waals surface area contributed by atoms with Gasteiger partial charge >= 0.3 is 6.18 Å². The summed E-state index contributed by atoms with van der Waals surface area (Å²) in [5.41, 5.74) is 4.79. The van der Waals surface area contributed by atoms with Gasteiger partial charge in [-0.3, -0.25) is 4.79 Å². The van der Waals surface area contributed by atoms with Gasteiger partial charge in [-0.1, -0.05) is 19.1 Å². The van der Waals surface area contributed by atoms with Crippen molar-refractivity contribution in [2.45, 2.75) is 31.7 Å². The number of alkyl halides is 3. The van der Waals surface area contributed by atoms with Gasteiger partial charge in [0.1, 0.15) is 0 Å². The average Bonchev–Trinajstić information content (AvgIpc) is 3.23. The summed E-state index contributed by atoms with van der Waals surface area (Å²) in [5, 5.41) is 0. The van der Waals surface area contributed by atoms with Crippen molar-refractivity contribution in [1.29, 1.82) is 0 Å². The number of carbonyl (C=O) groups is 1. The van der Waals surface area contributed by atoms with E-state index in [4.69, 9.17) is 19.6 Å². The number of halogens is 3. The van der Waals surface area contributed by atoms with Gasteiger partial charge in [0.2, 0.25) is 11.9 Å². The fraction of sp³-hybridized carbons (Fsp3) is 0.316. The number of ether oxygens (including phenoxy) is 2. The van der Waals surface area contributed by atoms with Crippen LogP contribution in [0.3, 0.4) is 0 Å². The Hall–Kier alpha value is -2.74. The summed E-state index contributed by atoms with van der Waals surface area (Å²) in [6.07, 6.45) is -2.38. The minimum atomic E-state index is -4.51. The molecule has 0 spiro atoms. The maximum atomic E-state index is 12.8. The third-order valence-electron chi connectivity index (χ3n) is 4.11. The number of furan rings is 1. The zero-order valence-electron chi connectivity index (χ0n) is 14.5. The molecular weight excluding hydrogens is 363 g/mol. The van der Waals surface area contributed by atoms with E-state index >= 15 is 0 Å². The zero-order chi connectivity index (χ0) is 19.6. The molecule has 8 heteroatoms. The van der Waals surface area contributed by atoms with Gasteiger partial charge in [-0.05, 0) is 36.2 Å². The predicted molar refractivity (Wildman–Crippen MR) is 90.1 cm³/mol. The molecule has 0 saturated carbocycles. The molecule has 27 heavy (non-hydrogen) atoms. The molecule has 1 aromatic carbocycles. The molecule has 0 bridgehead atoms. The molecule has 2 aliphatic rings. The van der Waals surface area contributed by atoms with Crippen LogP contribution in [0.2, 0.25) is 0 Å². The molecule has 1 fully saturated rings. The second-order valence-electron chi connectivity index (χ2n) is 6.06. The van der Waals surface area contributed by atoms with Crippen molar-refractivity contribution < 1.29 is 31.9 Å². The van der Waals surface area contributed by atoms with Crippen molar-refractivity contribution in [1.82, 2.24) is 0 Å². The molecule has 2 aliphatic heterocycles. The summed E-state index contributed by atoms with van der Waals surface area (Å²) in [4.78, 5) is 12.4. The molecule has 5 nitrogen and oxygen atoms in total. The molecule has 4 rings (SSSR count). The lowest BCUT2D eigenvalue weighted by Crippen LogP contribution is -2.10. The van der Waals surface area contributed by atoms with E-state index in [1.54, 1.807) is 6.07 Å². The summed E-state index contributed by atoms with van der Waals surface area (Å²) in [5.74, 6) is -0.507. The Balaban J connectivity index is 0.000000364. The number of carbonyl (C=O) groups excluding carboxylic acids is 1. The average molecular weight is 381 g/mol. The first kappa shape index (κ1) is 19.0. The van der Waals surface area contributed by atoms with Gasteiger partial charge in [0.25, 0.3) is 0 Å². The van der Waals surface area contributed by atoms with Crippen LogP contribution in [0.15, 0.2) is 53.0 Å². The minimum absolute atomic E-state index is 0.0615. The summed E-state index contributed by atoms with van der Waals surface area (Å²) in [6, 6.07) is 7.49. The number of nitrogens with two attached hydrogens (primary N) is 1. The molecule has 0 amide bonds. The van der Waals surface area contributed by atoms with Gasteiger partial charge in [0.05, 0.1) is 30.1 Å². The lowest BCUT2D eigenvalue weighted by molar-refractivity contribution is -0.137. The third-order valence-corrected chi connectivity index (χ3v) is 4.11. The molecule has 1 saturated heterocycles. The van der Waals surface area contributed by atoms with Crippen molar-refractivity contribution in [2.75, 3.05) is 6.61 Å². The fourth-order valence-electron chi connectivity index (χ4n) is 2.56. The molecule has 2 atom stereocenters. The van der Waals surface area contributed by atoms with Crippen molar-refractivity contribution in [3.63, 3.8) is 0 Å². The van der Waals surface area contributed by atoms with Crippen LogP contribution in [0.5, 0.6) is 0 Å². The van der Waals surface area contributed by atoms with E-state index in [1.165, 1.54) is 30.9 Å². The molecule has 3 heterocycles. The van der Waals surface area contributed by atoms with Gasteiger partial charge in [-0.15, -0.1) is 0 Å². The van der Waals surface area contributed by atoms with Crippen LogP contribution >= 0.6 is 0 Å². The Labute approximate surface area is 153 Å². The van der Waals surface area contributed by atoms with E-state index in [1.807, 2.05) is 0 Å². The lowest BCUT2D eigenvalue weighted by atomic mass is 9.98. The van der Waals surface area contributed by atoms with Crippen LogP contribution in [0.1, 0.15) is 36.3 Å². The van der Waals surface area contributed by atoms with Crippen LogP contribution in [0, 0.1) is 0 Å². The molecule has 1 aromatic heterocycles. The highest BCUT2D eigenvalue weighted by atomic mass is 19.4. The number of benzene rings is 1. The number of ketones is 1. The predicted octanol–water partition coefficient (Wildman–Crippen LogP) is 4.06. The van der Waals surface area contributed by atoms with Gasteiger partial charge < -0.3 is 19.6 Å². The smallest absolute Gasteiger partial charge is 0.416 e. The maximum absolute atomic E-state index is 12.8. The topological polar surface area (TPSA) is 78.0 Å². The second-order valence-corrected chi connectivity index (χ2v) is 6.06. The maximum Gasteiger partial charge on any atom is 0.416 e. The summed E-state index contributed by atoms with van der Waals surface area (Å²) >= 11 is 0. The Morgan fingerprint density at radius 2 is 1.96 bits per heavy atom. The highest BCUT2D eigenvalue weighted by molar-refractivity contribution is 6.24. The van der Waals surface area contributed by atoms with Crippen molar-refractivity contribution in [3.05, 3.63) is 65.4 Å². The molecule has 144 valence electrons. The van der Waals surface area contributed by atoms with E-state index < -0.39 is 23.6 Å². The van der Waals surface area contributed by atoms with E-state index in [9.17, 15) is 18.0 Å². The van der Waals surface area contributed by atoms with Gasteiger partial charge in [-0.25, -0.2) is 0 Å². The molecule has 2 aromatic rings. The Morgan fingerprint density at radius 1 is 1.22 bits per heavy atom. The zero-order valence-corrected chi connectivity index (χ0v) is 14.5. The molecule has 0 aliphatic carbocycles. The van der Waals surface area contributed by atoms with Gasteiger partial charge in [0, 0.05) is 0 Å². The van der Waals surface area contributed by atoms with E-state index in [0.717, 1.165) is 18.7 Å². The minimum Gasteiger partial charge on any atom is -0.465 e. The van der Waals surface area contributed by atoms with Crippen LogP contribution in [-0.2, 0) is 20.4 Å². The Bertz CT molecular complexity index is 839. The third kappa shape index (κ3) is 4.33. The van der Waals surface area contributed by atoms with Crippen molar-refractivity contribution in [2.24, 2.45) is 5.73 Å². The van der Waals surface area contributed by atoms with E-state index in [-0.39, 0.29) is 22.8 Å². The van der Waals surface area contributed by atoms with Crippen LogP contribution in [-0.4, -0.2) is 18.5 Å². The normalized spacial score (nSPS) is 21.6. The summed E-state index contributed by atoms with van der Waals surface area (Å²) in [6.45, 7) is 3.15. The lowest BCUT2D eigenvalue weighted by Gasteiger charge is -2.08. The summed E-state index contributed by atoms with van der Waals surface area (Å²) < 4.78 is 53.5. The second kappa shape index (κ2) is 7.48. The number of rotatable bonds is 3. The van der Waals surface area contributed by atoms with Crippen LogP contribution in [0.25, 0.3) is 5.57 Å². The van der Waals surface area contributed by atoms with Crippen LogP contribution < -0.4 is 5.73 Å². The SMILES string of the molecule is CCC1CO1.NC1=C(c2cccc(C(F)(F)F)c2)C(=O)C(c2ccco2)O1. The Morgan fingerprint density at radius 3 is 2.48 bits per heavy atom. The number of Topliss-reactive ketones (excluding diaryl/α,β-unsaturated/α-hetero) is 1. The van der Waals surface area contributed by atoms with E-state index in [0.29, 0.717) is 6.10 Å². The highest BCUT2D eigenvalue weighted by Crippen LogP contribution is 2.38. The molecule has 2 N–H and O–H groups in total. The van der Waals surface area contributed by atoms with Crippen molar-refractivity contribution >= 4 is 11.4 Å². The molecular formula is C19H18F3NO4. The van der Waals surface area contributed by atoms with E-state index in [2.05, 4.69) is 6.92 Å². The number of epoxide rings is 1. The number of hydrogen-bond acceptors (Lipinski definition) is 5. The largest absolute Gasteiger partial charge is 0.465 e. The first-order valence-corrected chi connectivity index (χ1v) is 8.34. The highest BCUT2D eigenvalue weighted by Gasteiger charge is 2.39. The molecule has 2 unspecified atom stereocenters. The monoisotopic (exact) mass is 381 g/mol. The standard InChI is InChI=1S/C15H10F3NO3.C4H8O/c16-15(17,18)9-4-1-3-8(7-9)11-12(20)13(22-14(11)19)10-5-2-6-21-10;1-2-4-3-5-4/h1-7,13H,19H2;4H,2-3H2,1H3. The first-order chi connectivity index (χ1) is 12.8. The molecule has 0 radical (unpaired) electrons. The van der Waals surface area contributed by atoms with Crippen LogP contribution in [0.4, 0.5) is 13.2 Å². The fourth-order valence-corrected chi connectivity index (χ4v) is 2.56. The van der Waals surface area contributed by atoms with Crippen molar-refractivity contribution in [3.8, 4) is 0 Å². The first-order valence-electron chi connectivity index (χ1n) is 8.34. The van der Waals surface area contributed by atoms with Gasteiger partial charge in [-0.2, -0.15) is 13.2 Å². The number of hydrogen-bond donors (Lipinski definition) is 1. The Kier molecular flexibility index (Phi) is 5.27. The van der Waals surface area contributed by atoms with Gasteiger partial charge in [0.15, 0.2) is 11.6 Å². The summed E-state index contributed by atoms with van der Waals surface area (Å²) in [7, 11) is 0.